The third kappa shape index (κ3) is 5.15. The molecule has 2 aromatic carbocycles. The molecule has 4 rings (SSSR count). The quantitative estimate of drug-likeness (QED) is 0.517. The van der Waals surface area contributed by atoms with Crippen molar-refractivity contribution in [2.75, 3.05) is 26.2 Å². The molecule has 0 unspecified atom stereocenters. The maximum Gasteiger partial charge on any atom is 0.276 e. The maximum atomic E-state index is 14.1. The molecule has 1 amide bonds. The second-order valence-electron chi connectivity index (χ2n) is 7.70. The van der Waals surface area contributed by atoms with E-state index in [0.29, 0.717) is 54.6 Å². The van der Waals surface area contributed by atoms with Gasteiger partial charge < -0.3 is 14.2 Å². The average molecular weight is 480 g/mol. The Kier molecular flexibility index (Phi) is 6.90. The molecule has 0 radical (unpaired) electrons. The Morgan fingerprint density at radius 3 is 2.55 bits per heavy atom. The molecule has 0 aliphatic carbocycles. The van der Waals surface area contributed by atoms with Crippen molar-refractivity contribution in [3.05, 3.63) is 81.5 Å². The summed E-state index contributed by atoms with van der Waals surface area (Å²) in [4.78, 5) is 16.7. The lowest BCUT2D eigenvalue weighted by Crippen LogP contribution is -2.48. The zero-order valence-corrected chi connectivity index (χ0v) is 18.5. The largest absolute Gasteiger partial charge is 0.486 e. The molecule has 10 heteroatoms. The highest BCUT2D eigenvalue weighted by Crippen LogP contribution is 2.24. The molecule has 1 saturated heterocycles. The number of nitrogens with zero attached hydrogens (tertiary/aromatic N) is 3. The first-order chi connectivity index (χ1) is 15.8. The fourth-order valence-corrected chi connectivity index (χ4v) is 3.86. The first kappa shape index (κ1) is 23.1. The van der Waals surface area contributed by atoms with Gasteiger partial charge in [0.1, 0.15) is 24.0 Å². The summed E-state index contributed by atoms with van der Waals surface area (Å²) in [6.07, 6.45) is 0. The Bertz CT molecular complexity index is 1140. The molecule has 1 aliphatic rings. The first-order valence-electron chi connectivity index (χ1n) is 10.3. The van der Waals surface area contributed by atoms with Crippen LogP contribution in [-0.2, 0) is 13.2 Å². The topological polar surface area (TPSA) is 58.8 Å². The van der Waals surface area contributed by atoms with E-state index in [1.54, 1.807) is 24.0 Å². The number of amides is 1. The molecule has 174 valence electrons. The second kappa shape index (κ2) is 9.84. The highest BCUT2D eigenvalue weighted by molar-refractivity contribution is 6.31. The summed E-state index contributed by atoms with van der Waals surface area (Å²) in [5.41, 5.74) is 0.906. The van der Waals surface area contributed by atoms with Crippen LogP contribution in [0, 0.1) is 24.4 Å². The number of benzene rings is 2. The van der Waals surface area contributed by atoms with Crippen LogP contribution in [-0.4, -0.2) is 47.0 Å². The monoisotopic (exact) mass is 479 g/mol. The standard InChI is InChI=1S/C23H21ClF3N3O3/c1-14-17(13-32-21-6-5-15(25)11-20(21)27)22(28-33-14)23(31)30-9-7-29(8-10-30)12-16-18(24)3-2-4-19(16)26/h2-6,11H,7-10,12-13H2,1H3. The van der Waals surface area contributed by atoms with Crippen molar-refractivity contribution in [1.82, 2.24) is 15.0 Å². The Hall–Kier alpha value is -3.04. The Labute approximate surface area is 193 Å². The van der Waals surface area contributed by atoms with Gasteiger partial charge in [-0.15, -0.1) is 0 Å². The maximum absolute atomic E-state index is 14.1. The summed E-state index contributed by atoms with van der Waals surface area (Å²) >= 11 is 6.12. The molecule has 0 bridgehead atoms. The lowest BCUT2D eigenvalue weighted by molar-refractivity contribution is 0.0614. The number of halogens is 4. The van der Waals surface area contributed by atoms with Gasteiger partial charge in [-0.05, 0) is 31.2 Å². The Morgan fingerprint density at radius 1 is 1.09 bits per heavy atom. The summed E-state index contributed by atoms with van der Waals surface area (Å²) < 4.78 is 51.6. The number of rotatable bonds is 6. The lowest BCUT2D eigenvalue weighted by atomic mass is 10.1. The van der Waals surface area contributed by atoms with Gasteiger partial charge in [-0.3, -0.25) is 9.69 Å². The fourth-order valence-electron chi connectivity index (χ4n) is 3.64. The van der Waals surface area contributed by atoms with Gasteiger partial charge in [0, 0.05) is 49.4 Å². The van der Waals surface area contributed by atoms with Crippen molar-refractivity contribution >= 4 is 17.5 Å². The van der Waals surface area contributed by atoms with Crippen LogP contribution < -0.4 is 4.74 Å². The van der Waals surface area contributed by atoms with Crippen molar-refractivity contribution in [1.29, 1.82) is 0 Å². The zero-order chi connectivity index (χ0) is 23.5. The molecular formula is C23H21ClF3N3O3. The SMILES string of the molecule is Cc1onc(C(=O)N2CCN(Cc3c(F)cccc3Cl)CC2)c1COc1ccc(F)cc1F. The van der Waals surface area contributed by atoms with E-state index in [1.807, 2.05) is 4.90 Å². The molecule has 3 aromatic rings. The highest BCUT2D eigenvalue weighted by Gasteiger charge is 2.28. The predicted octanol–water partition coefficient (Wildman–Crippen LogP) is 4.59. The van der Waals surface area contributed by atoms with Crippen molar-refractivity contribution < 1.29 is 27.2 Å². The number of aromatic nitrogens is 1. The van der Waals surface area contributed by atoms with Crippen molar-refractivity contribution in [3.8, 4) is 5.75 Å². The van der Waals surface area contributed by atoms with Crippen LogP contribution in [0.2, 0.25) is 5.02 Å². The number of piperazine rings is 1. The summed E-state index contributed by atoms with van der Waals surface area (Å²) in [7, 11) is 0. The van der Waals surface area contributed by atoms with E-state index >= 15 is 0 Å². The highest BCUT2D eigenvalue weighted by atomic mass is 35.5. The van der Waals surface area contributed by atoms with Gasteiger partial charge >= 0.3 is 0 Å². The molecule has 0 saturated carbocycles. The van der Waals surface area contributed by atoms with Gasteiger partial charge in [0.05, 0.1) is 5.56 Å². The number of carbonyl (C=O) groups is 1. The molecule has 6 nitrogen and oxygen atoms in total. The van der Waals surface area contributed by atoms with Gasteiger partial charge in [-0.2, -0.15) is 0 Å². The van der Waals surface area contributed by atoms with Crippen LogP contribution in [0.15, 0.2) is 40.9 Å². The van der Waals surface area contributed by atoms with Gasteiger partial charge in [0.25, 0.3) is 5.91 Å². The minimum Gasteiger partial charge on any atom is -0.486 e. The minimum absolute atomic E-state index is 0.0839. The predicted molar refractivity (Wildman–Crippen MR) is 115 cm³/mol. The number of ether oxygens (including phenoxy) is 1. The first-order valence-corrected chi connectivity index (χ1v) is 10.7. The normalized spacial score (nSPS) is 14.5. The molecule has 1 fully saturated rings. The molecule has 33 heavy (non-hydrogen) atoms. The van der Waals surface area contributed by atoms with Crippen LogP contribution in [0.5, 0.6) is 5.75 Å². The van der Waals surface area contributed by atoms with E-state index in [9.17, 15) is 18.0 Å². The molecule has 2 heterocycles. The van der Waals surface area contributed by atoms with Crippen LogP contribution in [0.3, 0.4) is 0 Å². The molecule has 0 atom stereocenters. The summed E-state index contributed by atoms with van der Waals surface area (Å²) in [5.74, 6) is -2.03. The van der Waals surface area contributed by atoms with E-state index in [1.165, 1.54) is 12.1 Å². The fraction of sp³-hybridized carbons (Fsp3) is 0.304. The summed E-state index contributed by atoms with van der Waals surface area (Å²) in [6.45, 7) is 3.68. The minimum atomic E-state index is -0.844. The summed E-state index contributed by atoms with van der Waals surface area (Å²) in [5, 5.41) is 4.24. The van der Waals surface area contributed by atoms with E-state index in [0.717, 1.165) is 12.1 Å². The van der Waals surface area contributed by atoms with E-state index in [2.05, 4.69) is 5.16 Å². The molecular weight excluding hydrogens is 459 g/mol. The van der Waals surface area contributed by atoms with Crippen molar-refractivity contribution in [2.24, 2.45) is 0 Å². The third-order valence-corrected chi connectivity index (χ3v) is 5.91. The van der Waals surface area contributed by atoms with Gasteiger partial charge in [-0.1, -0.05) is 22.8 Å². The second-order valence-corrected chi connectivity index (χ2v) is 8.11. The van der Waals surface area contributed by atoms with Crippen molar-refractivity contribution in [2.45, 2.75) is 20.1 Å². The average Bonchev–Trinajstić information content (AvgIpc) is 3.16. The van der Waals surface area contributed by atoms with Crippen LogP contribution in [0.1, 0.15) is 27.4 Å². The van der Waals surface area contributed by atoms with Crippen LogP contribution >= 0.6 is 11.6 Å². The van der Waals surface area contributed by atoms with Crippen LogP contribution in [0.4, 0.5) is 13.2 Å². The van der Waals surface area contributed by atoms with E-state index in [-0.39, 0.29) is 29.8 Å². The number of aryl methyl sites for hydroxylation is 1. The number of hydrogen-bond acceptors (Lipinski definition) is 5. The molecule has 1 aliphatic heterocycles. The van der Waals surface area contributed by atoms with Crippen molar-refractivity contribution in [3.63, 3.8) is 0 Å². The Balaban J connectivity index is 1.39. The molecule has 0 N–H and O–H groups in total. The zero-order valence-electron chi connectivity index (χ0n) is 17.8. The van der Waals surface area contributed by atoms with E-state index < -0.39 is 11.6 Å². The molecule has 1 aromatic heterocycles. The third-order valence-electron chi connectivity index (χ3n) is 5.56. The van der Waals surface area contributed by atoms with E-state index in [4.69, 9.17) is 20.9 Å². The summed E-state index contributed by atoms with van der Waals surface area (Å²) in [6, 6.07) is 7.55. The van der Waals surface area contributed by atoms with Gasteiger partial charge in [-0.25, -0.2) is 13.2 Å². The van der Waals surface area contributed by atoms with Crippen LogP contribution in [0.25, 0.3) is 0 Å². The smallest absolute Gasteiger partial charge is 0.276 e. The number of hydrogen-bond donors (Lipinski definition) is 0. The number of carbonyl (C=O) groups excluding carboxylic acids is 1. The lowest BCUT2D eigenvalue weighted by Gasteiger charge is -2.34. The molecule has 0 spiro atoms. The Morgan fingerprint density at radius 2 is 1.85 bits per heavy atom. The van der Waals surface area contributed by atoms with Gasteiger partial charge in [0.15, 0.2) is 17.3 Å². The van der Waals surface area contributed by atoms with Gasteiger partial charge in [0.2, 0.25) is 0 Å².